The molecule has 2 rings (SSSR count). The normalized spacial score (nSPS) is 31.1. The van der Waals surface area contributed by atoms with Gasteiger partial charge in [0.25, 0.3) is 0 Å². The van der Waals surface area contributed by atoms with Gasteiger partial charge in [0.15, 0.2) is 0 Å². The zero-order valence-corrected chi connectivity index (χ0v) is 9.92. The van der Waals surface area contributed by atoms with Crippen molar-refractivity contribution in [3.63, 3.8) is 0 Å². The van der Waals surface area contributed by atoms with Crippen LogP contribution in [0, 0.1) is 11.8 Å². The molecule has 0 radical (unpaired) electrons. The summed E-state index contributed by atoms with van der Waals surface area (Å²) in [4.78, 5) is 11.8. The highest BCUT2D eigenvalue weighted by atomic mass is 16.6. The van der Waals surface area contributed by atoms with Gasteiger partial charge in [-0.1, -0.05) is 26.7 Å². The number of carbonyl (C=O) groups excluding carboxylic acids is 1. The number of rotatable bonds is 6. The quantitative estimate of drug-likeness (QED) is 0.629. The Morgan fingerprint density at radius 2 is 2.07 bits per heavy atom. The van der Waals surface area contributed by atoms with Crippen molar-refractivity contribution in [3.05, 3.63) is 0 Å². The van der Waals surface area contributed by atoms with Crippen LogP contribution in [0.1, 0.15) is 58.8 Å². The Hall–Kier alpha value is -0.530. The van der Waals surface area contributed by atoms with Gasteiger partial charge in [-0.25, -0.2) is 0 Å². The van der Waals surface area contributed by atoms with Gasteiger partial charge in [-0.05, 0) is 38.0 Å². The second-order valence-corrected chi connectivity index (χ2v) is 5.25. The fourth-order valence-electron chi connectivity index (χ4n) is 2.51. The summed E-state index contributed by atoms with van der Waals surface area (Å²) in [5.74, 6) is 0.985. The zero-order valence-electron chi connectivity index (χ0n) is 9.92. The molecule has 2 fully saturated rings. The minimum absolute atomic E-state index is 0.0226. The molecular weight excluding hydrogens is 188 g/mol. The Kier molecular flexibility index (Phi) is 3.03. The van der Waals surface area contributed by atoms with Crippen LogP contribution in [0.3, 0.4) is 0 Å². The summed E-state index contributed by atoms with van der Waals surface area (Å²) in [5, 5.41) is 0. The SMILES string of the molecule is CCCC1CC1C(=O)OC1(CCC)CC1. The Labute approximate surface area is 92.4 Å². The molecule has 2 aliphatic rings. The van der Waals surface area contributed by atoms with E-state index in [4.69, 9.17) is 4.74 Å². The molecule has 15 heavy (non-hydrogen) atoms. The predicted molar refractivity (Wildman–Crippen MR) is 59.5 cm³/mol. The van der Waals surface area contributed by atoms with E-state index in [-0.39, 0.29) is 17.5 Å². The lowest BCUT2D eigenvalue weighted by molar-refractivity contribution is -0.153. The standard InChI is InChI=1S/C13H22O2/c1-3-5-10-9-11(10)12(14)15-13(6-4-2)7-8-13/h10-11H,3-9H2,1-2H3. The Morgan fingerprint density at radius 1 is 1.33 bits per heavy atom. The summed E-state index contributed by atoms with van der Waals surface area (Å²) in [5.41, 5.74) is -0.0226. The largest absolute Gasteiger partial charge is 0.459 e. The summed E-state index contributed by atoms with van der Waals surface area (Å²) >= 11 is 0. The third-order valence-electron chi connectivity index (χ3n) is 3.72. The van der Waals surface area contributed by atoms with Crippen LogP contribution in [0.5, 0.6) is 0 Å². The molecule has 2 heteroatoms. The molecule has 0 spiro atoms. The lowest BCUT2D eigenvalue weighted by atomic mass is 10.2. The summed E-state index contributed by atoms with van der Waals surface area (Å²) in [7, 11) is 0. The van der Waals surface area contributed by atoms with Crippen molar-refractivity contribution in [3.8, 4) is 0 Å². The smallest absolute Gasteiger partial charge is 0.309 e. The van der Waals surface area contributed by atoms with Gasteiger partial charge in [0.1, 0.15) is 5.60 Å². The van der Waals surface area contributed by atoms with Crippen molar-refractivity contribution >= 4 is 5.97 Å². The van der Waals surface area contributed by atoms with E-state index in [0.717, 1.165) is 32.1 Å². The van der Waals surface area contributed by atoms with Gasteiger partial charge in [-0.2, -0.15) is 0 Å². The van der Waals surface area contributed by atoms with Crippen molar-refractivity contribution in [1.29, 1.82) is 0 Å². The average molecular weight is 210 g/mol. The molecule has 0 aromatic heterocycles. The molecule has 86 valence electrons. The highest BCUT2D eigenvalue weighted by Crippen LogP contribution is 2.48. The monoisotopic (exact) mass is 210 g/mol. The van der Waals surface area contributed by atoms with E-state index in [1.165, 1.54) is 12.8 Å². The first-order valence-corrected chi connectivity index (χ1v) is 6.43. The number of hydrogen-bond donors (Lipinski definition) is 0. The molecule has 2 saturated carbocycles. The van der Waals surface area contributed by atoms with Crippen molar-refractivity contribution in [2.24, 2.45) is 11.8 Å². The summed E-state index contributed by atoms with van der Waals surface area (Å²) < 4.78 is 5.65. The van der Waals surface area contributed by atoms with Crippen LogP contribution in [0.2, 0.25) is 0 Å². The van der Waals surface area contributed by atoms with Crippen LogP contribution in [0.4, 0.5) is 0 Å². The lowest BCUT2D eigenvalue weighted by Gasteiger charge is -2.15. The first-order chi connectivity index (χ1) is 7.21. The third kappa shape index (κ3) is 2.53. The molecule has 0 bridgehead atoms. The molecule has 0 aromatic rings. The molecular formula is C13H22O2. The van der Waals surface area contributed by atoms with Crippen LogP contribution in [0.15, 0.2) is 0 Å². The van der Waals surface area contributed by atoms with E-state index in [0.29, 0.717) is 5.92 Å². The molecule has 0 heterocycles. The molecule has 0 aromatic carbocycles. The third-order valence-corrected chi connectivity index (χ3v) is 3.72. The summed E-state index contributed by atoms with van der Waals surface area (Å²) in [6.45, 7) is 4.34. The van der Waals surface area contributed by atoms with E-state index in [1.807, 2.05) is 0 Å². The predicted octanol–water partition coefficient (Wildman–Crippen LogP) is 3.30. The number of hydrogen-bond acceptors (Lipinski definition) is 2. The van der Waals surface area contributed by atoms with Gasteiger partial charge in [-0.15, -0.1) is 0 Å². The molecule has 2 unspecified atom stereocenters. The first kappa shape index (κ1) is 11.0. The molecule has 2 nitrogen and oxygen atoms in total. The maximum absolute atomic E-state index is 11.8. The van der Waals surface area contributed by atoms with Crippen molar-refractivity contribution < 1.29 is 9.53 Å². The molecule has 0 saturated heterocycles. The van der Waals surface area contributed by atoms with Gasteiger partial charge in [0, 0.05) is 0 Å². The maximum Gasteiger partial charge on any atom is 0.309 e. The minimum Gasteiger partial charge on any atom is -0.459 e. The van der Waals surface area contributed by atoms with E-state index in [1.54, 1.807) is 0 Å². The Morgan fingerprint density at radius 3 is 2.60 bits per heavy atom. The summed E-state index contributed by atoms with van der Waals surface area (Å²) in [6, 6.07) is 0. The van der Waals surface area contributed by atoms with Gasteiger partial charge in [-0.3, -0.25) is 4.79 Å². The molecule has 0 aliphatic heterocycles. The Balaban J connectivity index is 1.74. The molecule has 2 aliphatic carbocycles. The fourth-order valence-corrected chi connectivity index (χ4v) is 2.51. The number of esters is 1. The number of carbonyl (C=O) groups is 1. The second-order valence-electron chi connectivity index (χ2n) is 5.25. The van der Waals surface area contributed by atoms with E-state index in [9.17, 15) is 4.79 Å². The topological polar surface area (TPSA) is 26.3 Å². The van der Waals surface area contributed by atoms with Crippen LogP contribution in [-0.2, 0) is 9.53 Å². The fraction of sp³-hybridized carbons (Fsp3) is 0.923. The van der Waals surface area contributed by atoms with Gasteiger partial charge < -0.3 is 4.74 Å². The van der Waals surface area contributed by atoms with Gasteiger partial charge >= 0.3 is 5.97 Å². The van der Waals surface area contributed by atoms with Crippen molar-refractivity contribution in [1.82, 2.24) is 0 Å². The first-order valence-electron chi connectivity index (χ1n) is 6.43. The molecule has 2 atom stereocenters. The molecule has 0 amide bonds. The lowest BCUT2D eigenvalue weighted by Crippen LogP contribution is -2.21. The number of ether oxygens (including phenoxy) is 1. The Bertz CT molecular complexity index is 243. The average Bonchev–Trinajstić information content (AvgIpc) is 3.04. The van der Waals surface area contributed by atoms with Crippen LogP contribution in [0.25, 0.3) is 0 Å². The van der Waals surface area contributed by atoms with Crippen LogP contribution < -0.4 is 0 Å². The second kappa shape index (κ2) is 4.15. The van der Waals surface area contributed by atoms with E-state index < -0.39 is 0 Å². The van der Waals surface area contributed by atoms with Crippen LogP contribution >= 0.6 is 0 Å². The van der Waals surface area contributed by atoms with E-state index >= 15 is 0 Å². The van der Waals surface area contributed by atoms with Crippen molar-refractivity contribution in [2.75, 3.05) is 0 Å². The zero-order chi connectivity index (χ0) is 10.9. The highest BCUT2D eigenvalue weighted by Gasteiger charge is 2.50. The van der Waals surface area contributed by atoms with Gasteiger partial charge in [0.05, 0.1) is 5.92 Å². The highest BCUT2D eigenvalue weighted by molar-refractivity contribution is 5.76. The van der Waals surface area contributed by atoms with Crippen LogP contribution in [-0.4, -0.2) is 11.6 Å². The molecule has 0 N–H and O–H groups in total. The van der Waals surface area contributed by atoms with Gasteiger partial charge in [0.2, 0.25) is 0 Å². The minimum atomic E-state index is -0.0226. The summed E-state index contributed by atoms with van der Waals surface area (Å²) in [6.07, 6.45) is 7.83. The van der Waals surface area contributed by atoms with E-state index in [2.05, 4.69) is 13.8 Å². The van der Waals surface area contributed by atoms with Crippen molar-refractivity contribution in [2.45, 2.75) is 64.4 Å². The maximum atomic E-state index is 11.8.